The molecule has 2 aromatic rings. The van der Waals surface area contributed by atoms with Crippen molar-refractivity contribution in [2.45, 2.75) is 19.4 Å². The second kappa shape index (κ2) is 9.11. The molecule has 3 rings (SSSR count). The quantitative estimate of drug-likeness (QED) is 0.783. The summed E-state index contributed by atoms with van der Waals surface area (Å²) in [5.41, 5.74) is 1.55. The van der Waals surface area contributed by atoms with Crippen LogP contribution >= 0.6 is 23.2 Å². The maximum atomic E-state index is 12.5. The van der Waals surface area contributed by atoms with E-state index in [1.54, 1.807) is 23.1 Å². The maximum absolute atomic E-state index is 12.5. The van der Waals surface area contributed by atoms with Crippen LogP contribution in [0.2, 0.25) is 10.0 Å². The lowest BCUT2D eigenvalue weighted by molar-refractivity contribution is -0.126. The maximum Gasteiger partial charge on any atom is 0.321 e. The first-order valence-corrected chi connectivity index (χ1v) is 9.61. The fraction of sp³-hybridized carbons (Fsp3) is 0.300. The van der Waals surface area contributed by atoms with Crippen LogP contribution in [0.4, 0.5) is 10.5 Å². The first kappa shape index (κ1) is 19.5. The Balaban J connectivity index is 1.53. The van der Waals surface area contributed by atoms with E-state index in [-0.39, 0.29) is 17.9 Å². The van der Waals surface area contributed by atoms with E-state index in [9.17, 15) is 9.59 Å². The Morgan fingerprint density at radius 3 is 2.63 bits per heavy atom. The Bertz CT molecular complexity index is 814. The third-order valence-electron chi connectivity index (χ3n) is 4.57. The molecule has 0 aromatic heterocycles. The molecule has 1 saturated heterocycles. The van der Waals surface area contributed by atoms with Crippen LogP contribution in [0.3, 0.4) is 0 Å². The van der Waals surface area contributed by atoms with Crippen molar-refractivity contribution < 1.29 is 9.59 Å². The fourth-order valence-electron chi connectivity index (χ4n) is 3.09. The number of piperidine rings is 1. The first-order valence-electron chi connectivity index (χ1n) is 8.85. The average Bonchev–Trinajstić information content (AvgIpc) is 2.68. The summed E-state index contributed by atoms with van der Waals surface area (Å²) in [6, 6.07) is 14.3. The Labute approximate surface area is 168 Å². The largest absolute Gasteiger partial charge is 0.352 e. The van der Waals surface area contributed by atoms with Gasteiger partial charge in [0.05, 0.1) is 5.92 Å². The molecule has 1 aliphatic rings. The summed E-state index contributed by atoms with van der Waals surface area (Å²) in [5.74, 6) is -0.301. The van der Waals surface area contributed by atoms with E-state index >= 15 is 0 Å². The number of likely N-dealkylation sites (tertiary alicyclic amines) is 1. The van der Waals surface area contributed by atoms with Crippen LogP contribution in [0, 0.1) is 5.92 Å². The number of nitrogens with one attached hydrogen (secondary N) is 2. The van der Waals surface area contributed by atoms with Crippen molar-refractivity contribution in [3.8, 4) is 0 Å². The number of anilines is 1. The van der Waals surface area contributed by atoms with Crippen molar-refractivity contribution >= 4 is 40.8 Å². The predicted octanol–water partition coefficient (Wildman–Crippen LogP) is 4.55. The predicted molar refractivity (Wildman–Crippen MR) is 108 cm³/mol. The third kappa shape index (κ3) is 5.37. The summed E-state index contributed by atoms with van der Waals surface area (Å²) in [7, 11) is 0. The zero-order chi connectivity index (χ0) is 19.2. The van der Waals surface area contributed by atoms with Gasteiger partial charge in [0.15, 0.2) is 0 Å². The number of carbonyl (C=O) groups is 2. The monoisotopic (exact) mass is 405 g/mol. The average molecular weight is 406 g/mol. The molecule has 0 aliphatic carbocycles. The molecule has 1 atom stereocenters. The van der Waals surface area contributed by atoms with Gasteiger partial charge in [-0.1, -0.05) is 47.5 Å². The molecule has 0 bridgehead atoms. The second-order valence-corrected chi connectivity index (χ2v) is 7.38. The van der Waals surface area contributed by atoms with Gasteiger partial charge in [-0.3, -0.25) is 4.79 Å². The van der Waals surface area contributed by atoms with Crippen molar-refractivity contribution in [1.82, 2.24) is 10.2 Å². The van der Waals surface area contributed by atoms with Crippen LogP contribution in [0.15, 0.2) is 48.5 Å². The van der Waals surface area contributed by atoms with Crippen molar-refractivity contribution in [2.24, 2.45) is 5.92 Å². The lowest BCUT2D eigenvalue weighted by atomic mass is 9.97. The molecule has 0 spiro atoms. The Kier molecular flexibility index (Phi) is 6.58. The molecule has 7 heteroatoms. The highest BCUT2D eigenvalue weighted by Crippen LogP contribution is 2.22. The molecular formula is C20H21Cl2N3O2. The van der Waals surface area contributed by atoms with E-state index < -0.39 is 0 Å². The van der Waals surface area contributed by atoms with Gasteiger partial charge in [-0.2, -0.15) is 0 Å². The number of urea groups is 1. The minimum absolute atomic E-state index is 0.0711. The lowest BCUT2D eigenvalue weighted by Crippen LogP contribution is -2.46. The van der Waals surface area contributed by atoms with E-state index in [0.717, 1.165) is 24.1 Å². The summed E-state index contributed by atoms with van der Waals surface area (Å²) >= 11 is 12.0. The molecule has 27 heavy (non-hydrogen) atoms. The van der Waals surface area contributed by atoms with Crippen LogP contribution in [0.25, 0.3) is 0 Å². The SMILES string of the molecule is O=C(NCc1ccc(Cl)cc1Cl)[C@H]1CCCN(C(=O)Nc2ccccc2)C1. The normalized spacial score (nSPS) is 16.7. The van der Waals surface area contributed by atoms with Gasteiger partial charge in [0.1, 0.15) is 0 Å². The minimum Gasteiger partial charge on any atom is -0.352 e. The van der Waals surface area contributed by atoms with Crippen LogP contribution in [-0.2, 0) is 11.3 Å². The van der Waals surface area contributed by atoms with Crippen LogP contribution in [-0.4, -0.2) is 29.9 Å². The molecule has 2 N–H and O–H groups in total. The van der Waals surface area contributed by atoms with E-state index in [1.807, 2.05) is 30.3 Å². The van der Waals surface area contributed by atoms with Gasteiger partial charge in [0.2, 0.25) is 5.91 Å². The van der Waals surface area contributed by atoms with Crippen molar-refractivity contribution in [3.63, 3.8) is 0 Å². The number of para-hydroxylation sites is 1. The van der Waals surface area contributed by atoms with Gasteiger partial charge in [0, 0.05) is 35.4 Å². The number of carbonyl (C=O) groups excluding carboxylic acids is 2. The van der Waals surface area contributed by atoms with Crippen LogP contribution in [0.5, 0.6) is 0 Å². The Morgan fingerprint density at radius 2 is 1.89 bits per heavy atom. The zero-order valence-corrected chi connectivity index (χ0v) is 16.3. The van der Waals surface area contributed by atoms with Crippen molar-refractivity contribution in [3.05, 3.63) is 64.1 Å². The minimum atomic E-state index is -0.230. The molecular weight excluding hydrogens is 385 g/mol. The number of rotatable bonds is 4. The molecule has 0 unspecified atom stereocenters. The molecule has 142 valence electrons. The van der Waals surface area contributed by atoms with Gasteiger partial charge in [0.25, 0.3) is 0 Å². The van der Waals surface area contributed by atoms with E-state index in [1.165, 1.54) is 0 Å². The summed E-state index contributed by atoms with van der Waals surface area (Å²) < 4.78 is 0. The Hall–Kier alpha value is -2.24. The van der Waals surface area contributed by atoms with Gasteiger partial charge in [-0.15, -0.1) is 0 Å². The molecule has 1 fully saturated rings. The summed E-state index contributed by atoms with van der Waals surface area (Å²) in [5, 5.41) is 6.86. The summed E-state index contributed by atoms with van der Waals surface area (Å²) in [4.78, 5) is 26.7. The number of amides is 3. The third-order valence-corrected chi connectivity index (χ3v) is 5.16. The number of nitrogens with zero attached hydrogens (tertiary/aromatic N) is 1. The molecule has 0 saturated carbocycles. The number of halogens is 2. The van der Waals surface area contributed by atoms with Crippen molar-refractivity contribution in [2.75, 3.05) is 18.4 Å². The van der Waals surface area contributed by atoms with E-state index in [4.69, 9.17) is 23.2 Å². The highest BCUT2D eigenvalue weighted by molar-refractivity contribution is 6.35. The zero-order valence-electron chi connectivity index (χ0n) is 14.8. The number of hydrogen-bond acceptors (Lipinski definition) is 2. The second-order valence-electron chi connectivity index (χ2n) is 6.53. The van der Waals surface area contributed by atoms with Gasteiger partial charge in [-0.05, 0) is 42.7 Å². The standard InChI is InChI=1S/C20H21Cl2N3O2/c21-16-9-8-14(18(22)11-16)12-23-19(26)15-5-4-10-25(13-15)20(27)24-17-6-2-1-3-7-17/h1-3,6-9,11,15H,4-5,10,12-13H2,(H,23,26)(H,24,27)/t15-/m0/s1. The highest BCUT2D eigenvalue weighted by atomic mass is 35.5. The summed E-state index contributed by atoms with van der Waals surface area (Å²) in [6.07, 6.45) is 1.55. The molecule has 3 amide bonds. The lowest BCUT2D eigenvalue weighted by Gasteiger charge is -2.32. The van der Waals surface area contributed by atoms with Gasteiger partial charge >= 0.3 is 6.03 Å². The molecule has 5 nitrogen and oxygen atoms in total. The van der Waals surface area contributed by atoms with Crippen LogP contribution in [0.1, 0.15) is 18.4 Å². The topological polar surface area (TPSA) is 61.4 Å². The fourth-order valence-corrected chi connectivity index (χ4v) is 3.57. The highest BCUT2D eigenvalue weighted by Gasteiger charge is 2.28. The molecule has 0 radical (unpaired) electrons. The number of hydrogen-bond donors (Lipinski definition) is 2. The molecule has 2 aromatic carbocycles. The van der Waals surface area contributed by atoms with Gasteiger partial charge < -0.3 is 15.5 Å². The first-order chi connectivity index (χ1) is 13.0. The van der Waals surface area contributed by atoms with E-state index in [0.29, 0.717) is 29.7 Å². The van der Waals surface area contributed by atoms with Crippen molar-refractivity contribution in [1.29, 1.82) is 0 Å². The molecule has 1 aliphatic heterocycles. The molecule has 1 heterocycles. The van der Waals surface area contributed by atoms with E-state index in [2.05, 4.69) is 10.6 Å². The number of benzene rings is 2. The Morgan fingerprint density at radius 1 is 1.11 bits per heavy atom. The van der Waals surface area contributed by atoms with Gasteiger partial charge in [-0.25, -0.2) is 4.79 Å². The smallest absolute Gasteiger partial charge is 0.321 e. The summed E-state index contributed by atoms with van der Waals surface area (Å²) in [6.45, 7) is 1.38. The van der Waals surface area contributed by atoms with Crippen LogP contribution < -0.4 is 10.6 Å².